The van der Waals surface area contributed by atoms with Crippen LogP contribution in [-0.2, 0) is 6.54 Å². The zero-order valence-electron chi connectivity index (χ0n) is 11.1. The number of amides is 1. The number of carbonyl (C=O) groups excluding carboxylic acids is 1. The topological polar surface area (TPSA) is 87.7 Å². The maximum atomic E-state index is 12.0. The number of carbonyl (C=O) groups is 1. The van der Waals surface area contributed by atoms with Gasteiger partial charge in [-0.1, -0.05) is 45.4 Å². The van der Waals surface area contributed by atoms with Gasteiger partial charge < -0.3 is 16.3 Å². The summed E-state index contributed by atoms with van der Waals surface area (Å²) >= 11 is 3.33. The monoisotopic (exact) mass is 347 g/mol. The third-order valence-corrected chi connectivity index (χ3v) is 3.45. The van der Waals surface area contributed by atoms with Crippen molar-refractivity contribution in [2.75, 3.05) is 0 Å². The minimum Gasteiger partial charge on any atom is -0.409 e. The second-order valence-corrected chi connectivity index (χ2v) is 5.29. The highest BCUT2D eigenvalue weighted by Gasteiger charge is 2.05. The van der Waals surface area contributed by atoms with Crippen molar-refractivity contribution in [1.82, 2.24) is 5.32 Å². The van der Waals surface area contributed by atoms with Crippen molar-refractivity contribution in [3.63, 3.8) is 0 Å². The van der Waals surface area contributed by atoms with Crippen LogP contribution in [0.4, 0.5) is 0 Å². The Morgan fingerprint density at radius 3 is 2.24 bits per heavy atom. The number of nitrogens with one attached hydrogen (secondary N) is 1. The predicted octanol–water partition coefficient (Wildman–Crippen LogP) is 2.47. The van der Waals surface area contributed by atoms with Crippen LogP contribution in [-0.4, -0.2) is 17.0 Å². The maximum Gasteiger partial charge on any atom is 0.251 e. The summed E-state index contributed by atoms with van der Waals surface area (Å²) in [6.45, 7) is 0.408. The highest BCUT2D eigenvalue weighted by atomic mass is 79.9. The first-order valence-corrected chi connectivity index (χ1v) is 7.00. The molecule has 0 unspecified atom stereocenters. The Hall–Kier alpha value is -2.34. The van der Waals surface area contributed by atoms with Gasteiger partial charge in [0.15, 0.2) is 5.84 Å². The van der Waals surface area contributed by atoms with Crippen molar-refractivity contribution >= 4 is 27.7 Å². The van der Waals surface area contributed by atoms with Crippen molar-refractivity contribution in [2.24, 2.45) is 10.9 Å². The van der Waals surface area contributed by atoms with Gasteiger partial charge in [-0.3, -0.25) is 4.79 Å². The van der Waals surface area contributed by atoms with E-state index in [0.29, 0.717) is 17.7 Å². The molecule has 0 aliphatic carbocycles. The lowest BCUT2D eigenvalue weighted by atomic mass is 10.1. The molecule has 2 aromatic carbocycles. The molecule has 4 N–H and O–H groups in total. The third-order valence-electron chi connectivity index (χ3n) is 2.92. The fraction of sp³-hybridized carbons (Fsp3) is 0.0667. The SMILES string of the molecule is NC(=NO)c1ccc(CNC(=O)c2ccc(Br)cc2)cc1. The van der Waals surface area contributed by atoms with Gasteiger partial charge in [-0.05, 0) is 29.8 Å². The van der Waals surface area contributed by atoms with Gasteiger partial charge in [0, 0.05) is 22.1 Å². The molecule has 0 aliphatic heterocycles. The Balaban J connectivity index is 1.96. The van der Waals surface area contributed by atoms with E-state index >= 15 is 0 Å². The Morgan fingerprint density at radius 2 is 1.67 bits per heavy atom. The Morgan fingerprint density at radius 1 is 1.10 bits per heavy atom. The van der Waals surface area contributed by atoms with Crippen LogP contribution in [0.3, 0.4) is 0 Å². The standard InChI is InChI=1S/C15H14BrN3O2/c16-13-7-5-12(6-8-13)15(20)18-9-10-1-3-11(4-2-10)14(17)19-21/h1-8,21H,9H2,(H2,17,19)(H,18,20). The molecule has 1 amide bonds. The number of nitrogens with zero attached hydrogens (tertiary/aromatic N) is 1. The fourth-order valence-corrected chi connectivity index (χ4v) is 2.00. The smallest absolute Gasteiger partial charge is 0.251 e. The summed E-state index contributed by atoms with van der Waals surface area (Å²) in [5, 5.41) is 14.3. The van der Waals surface area contributed by atoms with Crippen LogP contribution in [0.25, 0.3) is 0 Å². The van der Waals surface area contributed by atoms with E-state index in [1.54, 1.807) is 24.3 Å². The first-order valence-electron chi connectivity index (χ1n) is 6.21. The van der Waals surface area contributed by atoms with Crippen LogP contribution in [0, 0.1) is 0 Å². The molecule has 0 atom stereocenters. The van der Waals surface area contributed by atoms with Crippen molar-refractivity contribution in [2.45, 2.75) is 6.54 Å². The van der Waals surface area contributed by atoms with Gasteiger partial charge in [0.25, 0.3) is 5.91 Å². The lowest BCUT2D eigenvalue weighted by molar-refractivity contribution is 0.0951. The summed E-state index contributed by atoms with van der Waals surface area (Å²) in [6, 6.07) is 14.2. The Labute approximate surface area is 130 Å². The van der Waals surface area contributed by atoms with Gasteiger partial charge >= 0.3 is 0 Å². The van der Waals surface area contributed by atoms with E-state index in [2.05, 4.69) is 26.4 Å². The fourth-order valence-electron chi connectivity index (χ4n) is 1.74. The first kappa shape index (κ1) is 15.1. The summed E-state index contributed by atoms with van der Waals surface area (Å²) in [5.41, 5.74) is 7.64. The number of amidine groups is 1. The number of hydrogen-bond donors (Lipinski definition) is 3. The zero-order chi connectivity index (χ0) is 15.2. The van der Waals surface area contributed by atoms with Gasteiger partial charge in [-0.25, -0.2) is 0 Å². The summed E-state index contributed by atoms with van der Waals surface area (Å²) in [7, 11) is 0. The second kappa shape index (κ2) is 6.90. The quantitative estimate of drug-likeness (QED) is 0.343. The molecular formula is C15H14BrN3O2. The molecule has 0 saturated heterocycles. The van der Waals surface area contributed by atoms with E-state index in [0.717, 1.165) is 10.0 Å². The predicted molar refractivity (Wildman–Crippen MR) is 84.3 cm³/mol. The molecule has 108 valence electrons. The molecule has 2 aromatic rings. The molecule has 6 heteroatoms. The summed E-state index contributed by atoms with van der Waals surface area (Å²) in [4.78, 5) is 12.0. The van der Waals surface area contributed by atoms with E-state index in [-0.39, 0.29) is 11.7 Å². The van der Waals surface area contributed by atoms with Crippen molar-refractivity contribution in [3.8, 4) is 0 Å². The molecule has 0 aliphatic rings. The molecule has 0 heterocycles. The first-order chi connectivity index (χ1) is 10.1. The number of halogens is 1. The number of rotatable bonds is 4. The minimum atomic E-state index is -0.136. The van der Waals surface area contributed by atoms with Gasteiger partial charge in [0.1, 0.15) is 0 Å². The molecule has 0 aromatic heterocycles. The van der Waals surface area contributed by atoms with Crippen LogP contribution in [0.1, 0.15) is 21.5 Å². The third kappa shape index (κ3) is 4.06. The minimum absolute atomic E-state index is 0.0560. The van der Waals surface area contributed by atoms with E-state index < -0.39 is 0 Å². The van der Waals surface area contributed by atoms with Crippen molar-refractivity contribution in [3.05, 3.63) is 69.7 Å². The van der Waals surface area contributed by atoms with E-state index in [9.17, 15) is 4.79 Å². The number of oxime groups is 1. The van der Waals surface area contributed by atoms with Gasteiger partial charge in [0.05, 0.1) is 0 Å². The van der Waals surface area contributed by atoms with Crippen LogP contribution in [0.5, 0.6) is 0 Å². The molecule has 0 fully saturated rings. The van der Waals surface area contributed by atoms with Crippen molar-refractivity contribution < 1.29 is 10.0 Å². The number of benzene rings is 2. The summed E-state index contributed by atoms with van der Waals surface area (Å²) < 4.78 is 0.928. The average molecular weight is 348 g/mol. The summed E-state index contributed by atoms with van der Waals surface area (Å²) in [5.74, 6) is -0.0801. The van der Waals surface area contributed by atoms with E-state index in [4.69, 9.17) is 10.9 Å². The number of hydrogen-bond acceptors (Lipinski definition) is 3. The second-order valence-electron chi connectivity index (χ2n) is 4.37. The lowest BCUT2D eigenvalue weighted by Gasteiger charge is -2.06. The molecule has 0 saturated carbocycles. The van der Waals surface area contributed by atoms with E-state index in [1.807, 2.05) is 24.3 Å². The maximum absolute atomic E-state index is 12.0. The molecule has 2 rings (SSSR count). The number of nitrogens with two attached hydrogens (primary N) is 1. The van der Waals surface area contributed by atoms with Crippen LogP contribution in [0.15, 0.2) is 58.2 Å². The summed E-state index contributed by atoms with van der Waals surface area (Å²) in [6.07, 6.45) is 0. The molecule has 0 spiro atoms. The normalized spacial score (nSPS) is 11.2. The molecule has 0 radical (unpaired) electrons. The Kier molecular flexibility index (Phi) is 4.94. The van der Waals surface area contributed by atoms with E-state index in [1.165, 1.54) is 0 Å². The lowest BCUT2D eigenvalue weighted by Crippen LogP contribution is -2.22. The van der Waals surface area contributed by atoms with Crippen LogP contribution >= 0.6 is 15.9 Å². The molecule has 21 heavy (non-hydrogen) atoms. The highest BCUT2D eigenvalue weighted by molar-refractivity contribution is 9.10. The van der Waals surface area contributed by atoms with Gasteiger partial charge in [-0.2, -0.15) is 0 Å². The van der Waals surface area contributed by atoms with Crippen LogP contribution < -0.4 is 11.1 Å². The average Bonchev–Trinajstić information content (AvgIpc) is 2.53. The molecular weight excluding hydrogens is 334 g/mol. The Bertz CT molecular complexity index is 652. The van der Waals surface area contributed by atoms with Gasteiger partial charge in [0.2, 0.25) is 0 Å². The molecule has 0 bridgehead atoms. The zero-order valence-corrected chi connectivity index (χ0v) is 12.7. The van der Waals surface area contributed by atoms with Crippen molar-refractivity contribution in [1.29, 1.82) is 0 Å². The molecule has 5 nitrogen and oxygen atoms in total. The van der Waals surface area contributed by atoms with Gasteiger partial charge in [-0.15, -0.1) is 0 Å². The highest BCUT2D eigenvalue weighted by Crippen LogP contribution is 2.10. The largest absolute Gasteiger partial charge is 0.409 e. The van der Waals surface area contributed by atoms with Crippen LogP contribution in [0.2, 0.25) is 0 Å².